The fraction of sp³-hybridized carbons (Fsp3) is 0.462. The van der Waals surface area contributed by atoms with Gasteiger partial charge in [-0.15, -0.1) is 0 Å². The van der Waals surface area contributed by atoms with Gasteiger partial charge in [0.05, 0.1) is 0 Å². The number of hydrogen-bond acceptors (Lipinski definition) is 2. The van der Waals surface area contributed by atoms with Crippen molar-refractivity contribution in [1.82, 2.24) is 0 Å². The van der Waals surface area contributed by atoms with Gasteiger partial charge in [0.25, 0.3) is 0 Å². The Morgan fingerprint density at radius 1 is 0.929 bits per heavy atom. The van der Waals surface area contributed by atoms with Gasteiger partial charge in [0.2, 0.25) is 0 Å². The standard InChI is InChI=1S/C26H30O2/c1-24(2,3)19-15-26(25(4,5)6)22(27)18-13-12-17(20(18)21(19)23(26)28)14-16-10-8-7-9-11-16/h7-15,18,20-21H,1-6H3/b17-14+/t18-,20+,21-,26-/m0/s1. The quantitative estimate of drug-likeness (QED) is 0.469. The van der Waals surface area contributed by atoms with E-state index in [0.717, 1.165) is 16.7 Å². The maximum atomic E-state index is 13.8. The van der Waals surface area contributed by atoms with E-state index in [1.165, 1.54) is 0 Å². The van der Waals surface area contributed by atoms with Crippen LogP contribution in [0.25, 0.3) is 6.08 Å². The van der Waals surface area contributed by atoms with Crippen LogP contribution in [-0.4, -0.2) is 11.6 Å². The van der Waals surface area contributed by atoms with Crippen LogP contribution in [0.15, 0.2) is 59.7 Å². The van der Waals surface area contributed by atoms with Crippen molar-refractivity contribution < 1.29 is 9.59 Å². The SMILES string of the molecule is CC(C)(C)C1=C[C@@]2(C(C)(C)C)C(=O)[C@@H]1[C@@H]1/C(=C/c3ccccc3)C=C[C@@H]1C2=O. The van der Waals surface area contributed by atoms with Crippen LogP contribution >= 0.6 is 0 Å². The number of allylic oxidation sites excluding steroid dienone is 5. The molecule has 2 nitrogen and oxygen atoms in total. The molecule has 0 aromatic heterocycles. The van der Waals surface area contributed by atoms with Crippen molar-refractivity contribution in [2.75, 3.05) is 0 Å². The third-order valence-electron chi connectivity index (χ3n) is 6.88. The summed E-state index contributed by atoms with van der Waals surface area (Å²) in [6.45, 7) is 12.6. The Morgan fingerprint density at radius 2 is 1.57 bits per heavy atom. The van der Waals surface area contributed by atoms with Crippen LogP contribution in [0.2, 0.25) is 0 Å². The summed E-state index contributed by atoms with van der Waals surface area (Å²) in [5.41, 5.74) is 1.75. The molecule has 1 fully saturated rings. The van der Waals surface area contributed by atoms with E-state index in [0.29, 0.717) is 0 Å². The molecule has 0 radical (unpaired) electrons. The van der Waals surface area contributed by atoms with Gasteiger partial charge in [-0.25, -0.2) is 0 Å². The maximum absolute atomic E-state index is 13.8. The van der Waals surface area contributed by atoms with Gasteiger partial charge in [-0.2, -0.15) is 0 Å². The number of fused-ring (bicyclic) bond motifs is 4. The van der Waals surface area contributed by atoms with E-state index < -0.39 is 10.8 Å². The molecule has 1 aromatic rings. The van der Waals surface area contributed by atoms with Gasteiger partial charge in [0.15, 0.2) is 11.6 Å². The Kier molecular flexibility index (Phi) is 4.02. The van der Waals surface area contributed by atoms with Crippen molar-refractivity contribution in [2.24, 2.45) is 34.0 Å². The van der Waals surface area contributed by atoms with E-state index in [4.69, 9.17) is 0 Å². The molecule has 2 heteroatoms. The third-order valence-corrected chi connectivity index (χ3v) is 6.88. The number of ketones is 2. The number of Topliss-reactive ketones (excluding diaryl/α,β-unsaturated/α-hetero) is 2. The summed E-state index contributed by atoms with van der Waals surface area (Å²) in [7, 11) is 0. The lowest BCUT2D eigenvalue weighted by molar-refractivity contribution is -0.152. The first-order chi connectivity index (χ1) is 13.0. The molecule has 3 aliphatic rings. The molecule has 0 aliphatic heterocycles. The molecule has 0 unspecified atom stereocenters. The van der Waals surface area contributed by atoms with Crippen molar-refractivity contribution in [3.05, 3.63) is 65.3 Å². The molecule has 0 spiro atoms. The van der Waals surface area contributed by atoms with Gasteiger partial charge in [-0.3, -0.25) is 9.59 Å². The highest BCUT2D eigenvalue weighted by Crippen LogP contribution is 2.63. The van der Waals surface area contributed by atoms with Gasteiger partial charge in [0.1, 0.15) is 5.41 Å². The molecule has 2 bridgehead atoms. The van der Waals surface area contributed by atoms with E-state index in [2.05, 4.69) is 51.1 Å². The van der Waals surface area contributed by atoms with Crippen LogP contribution in [0, 0.1) is 34.0 Å². The normalized spacial score (nSPS) is 33.4. The summed E-state index contributed by atoms with van der Waals surface area (Å²) < 4.78 is 0. The molecule has 146 valence electrons. The molecule has 0 saturated heterocycles. The molecule has 0 heterocycles. The fourth-order valence-electron chi connectivity index (χ4n) is 5.42. The Balaban J connectivity index is 1.90. The zero-order chi connectivity index (χ0) is 20.5. The highest BCUT2D eigenvalue weighted by Gasteiger charge is 2.68. The van der Waals surface area contributed by atoms with Crippen LogP contribution in [0.5, 0.6) is 0 Å². The maximum Gasteiger partial charge on any atom is 0.158 e. The zero-order valence-electron chi connectivity index (χ0n) is 17.7. The molecular formula is C26H30O2. The van der Waals surface area contributed by atoms with Crippen molar-refractivity contribution in [3.63, 3.8) is 0 Å². The lowest BCUT2D eigenvalue weighted by atomic mass is 9.54. The number of benzene rings is 1. The number of hydrogen-bond donors (Lipinski definition) is 0. The molecule has 4 rings (SSSR count). The fourth-order valence-corrected chi connectivity index (χ4v) is 5.42. The molecule has 3 aliphatic carbocycles. The largest absolute Gasteiger partial charge is 0.298 e. The predicted molar refractivity (Wildman–Crippen MR) is 113 cm³/mol. The molecule has 4 atom stereocenters. The Hall–Kier alpha value is -2.22. The van der Waals surface area contributed by atoms with Crippen LogP contribution in [-0.2, 0) is 9.59 Å². The van der Waals surface area contributed by atoms with Gasteiger partial charge in [-0.05, 0) is 22.0 Å². The Labute approximate surface area is 168 Å². The number of carbonyl (C=O) groups is 2. The minimum absolute atomic E-state index is 0.0799. The van der Waals surface area contributed by atoms with Gasteiger partial charge in [0, 0.05) is 17.8 Å². The first-order valence-corrected chi connectivity index (χ1v) is 10.3. The highest BCUT2D eigenvalue weighted by molar-refractivity contribution is 6.18. The zero-order valence-corrected chi connectivity index (χ0v) is 17.7. The minimum atomic E-state index is -1.01. The number of carbonyl (C=O) groups excluding carboxylic acids is 2. The van der Waals surface area contributed by atoms with E-state index in [9.17, 15) is 9.59 Å². The second-order valence-corrected chi connectivity index (χ2v) is 10.6. The summed E-state index contributed by atoms with van der Waals surface area (Å²) >= 11 is 0. The third kappa shape index (κ3) is 2.46. The summed E-state index contributed by atoms with van der Waals surface area (Å²) in [6.07, 6.45) is 8.32. The first kappa shape index (κ1) is 19.1. The van der Waals surface area contributed by atoms with E-state index >= 15 is 0 Å². The lowest BCUT2D eigenvalue weighted by Crippen LogP contribution is -2.56. The van der Waals surface area contributed by atoms with Crippen LogP contribution in [0.3, 0.4) is 0 Å². The molecule has 0 N–H and O–H groups in total. The topological polar surface area (TPSA) is 34.1 Å². The minimum Gasteiger partial charge on any atom is -0.298 e. The summed E-state index contributed by atoms with van der Waals surface area (Å²) in [5.74, 6) is -0.319. The molecular weight excluding hydrogens is 344 g/mol. The average molecular weight is 375 g/mol. The lowest BCUT2D eigenvalue weighted by Gasteiger charge is -2.45. The summed E-state index contributed by atoms with van der Waals surface area (Å²) in [6, 6.07) is 10.2. The van der Waals surface area contributed by atoms with Crippen LogP contribution in [0.1, 0.15) is 47.1 Å². The van der Waals surface area contributed by atoms with Gasteiger partial charge < -0.3 is 0 Å². The number of rotatable bonds is 1. The second kappa shape index (κ2) is 5.89. The van der Waals surface area contributed by atoms with Gasteiger partial charge >= 0.3 is 0 Å². The van der Waals surface area contributed by atoms with E-state index in [-0.39, 0.29) is 34.7 Å². The van der Waals surface area contributed by atoms with Crippen LogP contribution in [0.4, 0.5) is 0 Å². The first-order valence-electron chi connectivity index (χ1n) is 10.3. The van der Waals surface area contributed by atoms with E-state index in [1.807, 2.05) is 45.0 Å². The van der Waals surface area contributed by atoms with Gasteiger partial charge in [-0.1, -0.05) is 102 Å². The smallest absolute Gasteiger partial charge is 0.158 e. The molecule has 28 heavy (non-hydrogen) atoms. The van der Waals surface area contributed by atoms with Crippen molar-refractivity contribution in [2.45, 2.75) is 41.5 Å². The highest BCUT2D eigenvalue weighted by atomic mass is 16.2. The van der Waals surface area contributed by atoms with Crippen molar-refractivity contribution in [3.8, 4) is 0 Å². The van der Waals surface area contributed by atoms with Crippen molar-refractivity contribution >= 4 is 17.6 Å². The molecule has 0 amide bonds. The van der Waals surface area contributed by atoms with Crippen LogP contribution < -0.4 is 0 Å². The predicted octanol–water partition coefficient (Wildman–Crippen LogP) is 5.66. The second-order valence-electron chi connectivity index (χ2n) is 10.6. The van der Waals surface area contributed by atoms with E-state index in [1.54, 1.807) is 0 Å². The monoisotopic (exact) mass is 374 g/mol. The van der Waals surface area contributed by atoms with Crippen molar-refractivity contribution in [1.29, 1.82) is 0 Å². The molecule has 1 saturated carbocycles. The summed E-state index contributed by atoms with van der Waals surface area (Å²) in [5, 5.41) is 0. The average Bonchev–Trinajstić information content (AvgIpc) is 3.10. The summed E-state index contributed by atoms with van der Waals surface area (Å²) in [4.78, 5) is 27.6. The Morgan fingerprint density at radius 3 is 2.14 bits per heavy atom. The molecule has 1 aromatic carbocycles. The Bertz CT molecular complexity index is 931.